The van der Waals surface area contributed by atoms with Gasteiger partial charge in [0.25, 0.3) is 0 Å². The van der Waals surface area contributed by atoms with Gasteiger partial charge in [0.05, 0.1) is 27.7 Å². The Morgan fingerprint density at radius 2 is 1.75 bits per heavy atom. The largest absolute Gasteiger partial charge is 0.481 e. The molecule has 0 radical (unpaired) electrons. The molecule has 0 saturated carbocycles. The topological polar surface area (TPSA) is 97.2 Å². The van der Waals surface area contributed by atoms with Crippen molar-refractivity contribution in [3.63, 3.8) is 0 Å². The lowest BCUT2D eigenvalue weighted by Gasteiger charge is -2.13. The molecule has 1 aromatic carbocycles. The Labute approximate surface area is 167 Å². The highest BCUT2D eigenvalue weighted by Crippen LogP contribution is 2.34. The van der Waals surface area contributed by atoms with Crippen LogP contribution in [-0.2, 0) is 21.1 Å². The Hall–Kier alpha value is -2.77. The van der Waals surface area contributed by atoms with Crippen LogP contribution in [0.15, 0.2) is 53.6 Å². The minimum atomic E-state index is -3.31. The molecule has 28 heavy (non-hydrogen) atoms. The molecule has 144 valence electrons. The van der Waals surface area contributed by atoms with Gasteiger partial charge in [-0.25, -0.2) is 13.4 Å². The van der Waals surface area contributed by atoms with Crippen LogP contribution in [0.1, 0.15) is 11.4 Å². The number of benzene rings is 1. The van der Waals surface area contributed by atoms with E-state index in [1.165, 1.54) is 12.1 Å². The van der Waals surface area contributed by atoms with Crippen molar-refractivity contribution in [1.29, 1.82) is 0 Å². The zero-order chi connectivity index (χ0) is 20.5. The Bertz CT molecular complexity index is 1140. The van der Waals surface area contributed by atoms with Crippen LogP contribution in [0.3, 0.4) is 0 Å². The Morgan fingerprint density at radius 3 is 2.29 bits per heavy atom. The number of hydrogen-bond donors (Lipinski definition) is 1. The molecule has 0 unspecified atom stereocenters. The molecule has 0 aliphatic carbocycles. The first-order chi connectivity index (χ1) is 13.1. The molecule has 2 aromatic heterocycles. The summed E-state index contributed by atoms with van der Waals surface area (Å²) in [6.07, 6.45) is 2.49. The second-order valence-corrected chi connectivity index (χ2v) is 8.79. The molecular formula is C20H17ClN2O4S. The first-order valence-corrected chi connectivity index (χ1v) is 10.6. The molecule has 0 bridgehead atoms. The summed E-state index contributed by atoms with van der Waals surface area (Å²) < 4.78 is 23.4. The first-order valence-electron chi connectivity index (χ1n) is 8.30. The van der Waals surface area contributed by atoms with Crippen molar-refractivity contribution < 1.29 is 18.3 Å². The van der Waals surface area contributed by atoms with E-state index in [4.69, 9.17) is 16.7 Å². The average molecular weight is 417 g/mol. The van der Waals surface area contributed by atoms with Crippen molar-refractivity contribution in [2.45, 2.75) is 18.2 Å². The number of sulfone groups is 1. The van der Waals surface area contributed by atoms with Crippen molar-refractivity contribution in [2.75, 3.05) is 6.26 Å². The van der Waals surface area contributed by atoms with Crippen molar-refractivity contribution in [2.24, 2.45) is 0 Å². The molecule has 0 saturated heterocycles. The monoisotopic (exact) mass is 416 g/mol. The summed E-state index contributed by atoms with van der Waals surface area (Å²) in [5, 5.41) is 9.34. The fraction of sp³-hybridized carbons (Fsp3) is 0.150. The molecule has 6 nitrogen and oxygen atoms in total. The SMILES string of the molecule is Cc1ccc(-c2nc(CC(=O)O)c(Cl)cc2-c2ccc(S(C)(=O)=O)cc2)cn1. The average Bonchev–Trinajstić information content (AvgIpc) is 2.63. The molecule has 0 aliphatic heterocycles. The van der Waals surface area contributed by atoms with Crippen LogP contribution < -0.4 is 0 Å². The van der Waals surface area contributed by atoms with Gasteiger partial charge in [0.2, 0.25) is 0 Å². The second kappa shape index (κ2) is 7.69. The van der Waals surface area contributed by atoms with Gasteiger partial charge in [0, 0.05) is 29.3 Å². The molecule has 3 rings (SSSR count). The molecule has 3 aromatic rings. The van der Waals surface area contributed by atoms with Crippen LogP contribution in [0.25, 0.3) is 22.4 Å². The van der Waals surface area contributed by atoms with E-state index in [1.54, 1.807) is 24.4 Å². The number of nitrogens with zero attached hydrogens (tertiary/aromatic N) is 2. The summed E-state index contributed by atoms with van der Waals surface area (Å²) in [4.78, 5) is 20.1. The predicted molar refractivity (Wildman–Crippen MR) is 107 cm³/mol. The van der Waals surface area contributed by atoms with Crippen molar-refractivity contribution >= 4 is 27.4 Å². The third-order valence-corrected chi connectivity index (χ3v) is 5.60. The summed E-state index contributed by atoms with van der Waals surface area (Å²) in [7, 11) is -3.31. The van der Waals surface area contributed by atoms with Crippen LogP contribution in [0.5, 0.6) is 0 Å². The number of carboxylic acids is 1. The highest BCUT2D eigenvalue weighted by atomic mass is 35.5. The summed E-state index contributed by atoms with van der Waals surface area (Å²) in [6, 6.07) is 11.7. The maximum absolute atomic E-state index is 11.7. The number of halogens is 1. The van der Waals surface area contributed by atoms with E-state index in [-0.39, 0.29) is 22.0 Å². The standard InChI is InChI=1S/C20H17ClN2O4S/c1-12-3-4-14(11-22-12)20-16(9-17(21)18(23-20)10-19(24)25)13-5-7-15(8-6-13)28(2,26)27/h3-9,11H,10H2,1-2H3,(H,24,25). The normalized spacial score (nSPS) is 11.4. The fourth-order valence-electron chi connectivity index (χ4n) is 2.72. The van der Waals surface area contributed by atoms with Crippen LogP contribution in [0, 0.1) is 6.92 Å². The summed E-state index contributed by atoms with van der Waals surface area (Å²) in [5.41, 5.74) is 3.68. The molecule has 0 atom stereocenters. The van der Waals surface area contributed by atoms with Crippen LogP contribution in [0.2, 0.25) is 5.02 Å². The number of hydrogen-bond acceptors (Lipinski definition) is 5. The lowest BCUT2D eigenvalue weighted by atomic mass is 9.99. The molecule has 2 heterocycles. The molecule has 0 fully saturated rings. The number of carbonyl (C=O) groups is 1. The van der Waals surface area contributed by atoms with Gasteiger partial charge in [-0.3, -0.25) is 9.78 Å². The van der Waals surface area contributed by atoms with Gasteiger partial charge in [-0.2, -0.15) is 0 Å². The Balaban J connectivity index is 2.20. The highest BCUT2D eigenvalue weighted by Gasteiger charge is 2.17. The van der Waals surface area contributed by atoms with E-state index < -0.39 is 15.8 Å². The second-order valence-electron chi connectivity index (χ2n) is 6.37. The van der Waals surface area contributed by atoms with E-state index >= 15 is 0 Å². The molecule has 0 aliphatic rings. The van der Waals surface area contributed by atoms with Crippen molar-refractivity contribution in [1.82, 2.24) is 9.97 Å². The number of aliphatic carboxylic acids is 1. The maximum Gasteiger partial charge on any atom is 0.309 e. The third kappa shape index (κ3) is 4.37. The van der Waals surface area contributed by atoms with Gasteiger partial charge in [-0.05, 0) is 42.8 Å². The number of carboxylic acid groups (broad SMARTS) is 1. The van der Waals surface area contributed by atoms with Crippen LogP contribution in [-0.4, -0.2) is 35.7 Å². The predicted octanol–water partition coefficient (Wildman–Crippen LogP) is 3.80. The smallest absolute Gasteiger partial charge is 0.309 e. The molecule has 0 spiro atoms. The number of rotatable bonds is 5. The van der Waals surface area contributed by atoms with Gasteiger partial charge in [-0.15, -0.1) is 0 Å². The molecule has 0 amide bonds. The maximum atomic E-state index is 11.7. The van der Waals surface area contributed by atoms with Gasteiger partial charge < -0.3 is 5.11 Å². The lowest BCUT2D eigenvalue weighted by molar-refractivity contribution is -0.136. The third-order valence-electron chi connectivity index (χ3n) is 4.15. The summed E-state index contributed by atoms with van der Waals surface area (Å²) in [5.74, 6) is -1.03. The van der Waals surface area contributed by atoms with Gasteiger partial charge in [0.15, 0.2) is 9.84 Å². The van der Waals surface area contributed by atoms with E-state index in [1.807, 2.05) is 19.1 Å². The first kappa shape index (κ1) is 20.0. The Morgan fingerprint density at radius 1 is 1.11 bits per heavy atom. The number of aryl methyl sites for hydroxylation is 1. The van der Waals surface area contributed by atoms with E-state index in [2.05, 4.69) is 9.97 Å². The number of pyridine rings is 2. The van der Waals surface area contributed by atoms with Gasteiger partial charge >= 0.3 is 5.97 Å². The molecule has 1 N–H and O–H groups in total. The summed E-state index contributed by atoms with van der Waals surface area (Å²) in [6.45, 7) is 1.86. The fourth-order valence-corrected chi connectivity index (χ4v) is 3.57. The van der Waals surface area contributed by atoms with E-state index in [0.717, 1.165) is 11.9 Å². The Kier molecular flexibility index (Phi) is 5.49. The van der Waals surface area contributed by atoms with E-state index in [0.29, 0.717) is 22.4 Å². The molecule has 8 heteroatoms. The van der Waals surface area contributed by atoms with Crippen molar-refractivity contribution in [3.05, 3.63) is 65.1 Å². The highest BCUT2D eigenvalue weighted by molar-refractivity contribution is 7.90. The number of aromatic nitrogens is 2. The van der Waals surface area contributed by atoms with E-state index in [9.17, 15) is 13.2 Å². The zero-order valence-corrected chi connectivity index (χ0v) is 16.8. The minimum absolute atomic E-state index is 0.205. The minimum Gasteiger partial charge on any atom is -0.481 e. The summed E-state index contributed by atoms with van der Waals surface area (Å²) >= 11 is 6.27. The lowest BCUT2D eigenvalue weighted by Crippen LogP contribution is -2.05. The quantitative estimate of drug-likeness (QED) is 0.679. The van der Waals surface area contributed by atoms with Gasteiger partial charge in [-0.1, -0.05) is 23.7 Å². The van der Waals surface area contributed by atoms with Crippen molar-refractivity contribution in [3.8, 4) is 22.4 Å². The molecular weight excluding hydrogens is 400 g/mol. The van der Waals surface area contributed by atoms with Crippen LogP contribution >= 0.6 is 11.6 Å². The zero-order valence-electron chi connectivity index (χ0n) is 15.2. The van der Waals surface area contributed by atoms with Crippen LogP contribution in [0.4, 0.5) is 0 Å². The van der Waals surface area contributed by atoms with Gasteiger partial charge in [0.1, 0.15) is 0 Å².